The lowest BCUT2D eigenvalue weighted by Gasteiger charge is -2.43. The molecule has 14 heteroatoms. The third-order valence-corrected chi connectivity index (χ3v) is 10.8. The lowest BCUT2D eigenvalue weighted by Crippen LogP contribution is -2.55. The van der Waals surface area contributed by atoms with E-state index in [0.29, 0.717) is 69.8 Å². The SMILES string of the molecule is [B]c1cc(C[C@@H](OC(=O)N2CCC(N3CCc4ccccc4NC3=O)CC2)C(=O)N2CCC(N3CCN(CC(=O)O)CC3)CC2)cc(C=C)c1O. The molecule has 0 saturated carbocycles. The lowest BCUT2D eigenvalue weighted by atomic mass is 9.89. The van der Waals surface area contributed by atoms with Gasteiger partial charge in [0.2, 0.25) is 0 Å². The third kappa shape index (κ3) is 8.67. The number of ether oxygens (including phenoxy) is 1. The second-order valence-corrected chi connectivity index (χ2v) is 13.9. The number of phenolic OH excluding ortho intramolecular Hbond substituents is 1. The molecule has 4 heterocycles. The topological polar surface area (TPSA) is 146 Å². The van der Waals surface area contributed by atoms with Crippen LogP contribution in [0.3, 0.4) is 0 Å². The van der Waals surface area contributed by atoms with Crippen LogP contribution in [-0.4, -0.2) is 150 Å². The first-order chi connectivity index (χ1) is 24.6. The maximum Gasteiger partial charge on any atom is 0.410 e. The molecule has 0 aliphatic carbocycles. The zero-order valence-corrected chi connectivity index (χ0v) is 29.0. The molecule has 51 heavy (non-hydrogen) atoms. The number of carboxylic acid groups (broad SMARTS) is 1. The molecular formula is C37H47BN6O7. The minimum Gasteiger partial charge on any atom is -0.508 e. The fraction of sp³-hybridized carbons (Fsp3) is 0.514. The van der Waals surface area contributed by atoms with Crippen LogP contribution in [-0.2, 0) is 27.2 Å². The molecule has 2 aromatic carbocycles. The molecule has 3 saturated heterocycles. The zero-order valence-electron chi connectivity index (χ0n) is 29.0. The monoisotopic (exact) mass is 698 g/mol. The molecule has 1 atom stereocenters. The Hall–Kier alpha value is -4.56. The summed E-state index contributed by atoms with van der Waals surface area (Å²) in [5.41, 5.74) is 3.13. The van der Waals surface area contributed by atoms with Crippen LogP contribution in [0.1, 0.15) is 42.4 Å². The number of urea groups is 1. The van der Waals surface area contributed by atoms with E-state index in [0.717, 1.165) is 43.6 Å². The summed E-state index contributed by atoms with van der Waals surface area (Å²) < 4.78 is 6.01. The van der Waals surface area contributed by atoms with E-state index in [4.69, 9.17) is 17.7 Å². The number of hydrogen-bond donors (Lipinski definition) is 3. The average molecular weight is 699 g/mol. The molecule has 0 unspecified atom stereocenters. The van der Waals surface area contributed by atoms with E-state index in [9.17, 15) is 24.3 Å². The van der Waals surface area contributed by atoms with Crippen molar-refractivity contribution < 1.29 is 34.1 Å². The summed E-state index contributed by atoms with van der Waals surface area (Å²) in [6.45, 7) is 9.15. The van der Waals surface area contributed by atoms with Crippen LogP contribution < -0.4 is 10.8 Å². The lowest BCUT2D eigenvalue weighted by molar-refractivity contribution is -0.142. The molecule has 4 amide bonds. The Balaban J connectivity index is 1.08. The number of phenols is 1. The highest BCUT2D eigenvalue weighted by atomic mass is 16.6. The second kappa shape index (κ2) is 16.2. The first-order valence-electron chi connectivity index (χ1n) is 17.9. The highest BCUT2D eigenvalue weighted by Crippen LogP contribution is 2.26. The number of amides is 4. The van der Waals surface area contributed by atoms with Gasteiger partial charge in [-0.2, -0.15) is 0 Å². The molecule has 3 fully saturated rings. The van der Waals surface area contributed by atoms with Gasteiger partial charge in [0.15, 0.2) is 6.10 Å². The predicted octanol–water partition coefficient (Wildman–Crippen LogP) is 2.12. The molecule has 0 bridgehead atoms. The number of hydrogen-bond acceptors (Lipinski definition) is 8. The minimum absolute atomic E-state index is 0.0282. The van der Waals surface area contributed by atoms with Gasteiger partial charge in [-0.15, -0.1) is 0 Å². The highest BCUT2D eigenvalue weighted by Gasteiger charge is 2.36. The molecule has 6 rings (SSSR count). The number of fused-ring (bicyclic) bond motifs is 1. The van der Waals surface area contributed by atoms with Crippen LogP contribution in [0.5, 0.6) is 5.75 Å². The number of para-hydroxylation sites is 1. The van der Waals surface area contributed by atoms with Gasteiger partial charge in [0, 0.05) is 88.7 Å². The highest BCUT2D eigenvalue weighted by molar-refractivity contribution is 6.34. The van der Waals surface area contributed by atoms with Crippen LogP contribution in [0.25, 0.3) is 6.08 Å². The first kappa shape index (κ1) is 36.2. The number of piperazine rings is 1. The van der Waals surface area contributed by atoms with Gasteiger partial charge in [-0.3, -0.25) is 19.4 Å². The molecule has 270 valence electrons. The number of aliphatic carboxylic acids is 1. The van der Waals surface area contributed by atoms with E-state index in [2.05, 4.69) is 16.8 Å². The summed E-state index contributed by atoms with van der Waals surface area (Å²) in [5.74, 6) is -1.20. The minimum atomic E-state index is -1.11. The number of carboxylic acids is 1. The first-order valence-corrected chi connectivity index (χ1v) is 17.9. The Bertz CT molecular complexity index is 1620. The van der Waals surface area contributed by atoms with E-state index in [1.807, 2.05) is 34.1 Å². The van der Waals surface area contributed by atoms with E-state index < -0.39 is 18.2 Å². The van der Waals surface area contributed by atoms with Gasteiger partial charge in [0.25, 0.3) is 5.91 Å². The maximum absolute atomic E-state index is 14.1. The Morgan fingerprint density at radius 3 is 2.29 bits per heavy atom. The molecule has 13 nitrogen and oxygen atoms in total. The van der Waals surface area contributed by atoms with Crippen molar-refractivity contribution in [3.05, 3.63) is 59.7 Å². The molecule has 3 N–H and O–H groups in total. The summed E-state index contributed by atoms with van der Waals surface area (Å²) in [6, 6.07) is 11.2. The Morgan fingerprint density at radius 2 is 1.61 bits per heavy atom. The number of nitrogens with zero attached hydrogens (tertiary/aromatic N) is 5. The van der Waals surface area contributed by atoms with Crippen molar-refractivity contribution in [3.63, 3.8) is 0 Å². The van der Waals surface area contributed by atoms with Gasteiger partial charge in [0.1, 0.15) is 13.6 Å². The van der Waals surface area contributed by atoms with Gasteiger partial charge < -0.3 is 35.0 Å². The van der Waals surface area contributed by atoms with Crippen LogP contribution in [0.4, 0.5) is 15.3 Å². The van der Waals surface area contributed by atoms with Gasteiger partial charge >= 0.3 is 18.1 Å². The van der Waals surface area contributed by atoms with Crippen LogP contribution in [0, 0.1) is 0 Å². The molecule has 2 aromatic rings. The number of anilines is 1. The fourth-order valence-electron chi connectivity index (χ4n) is 7.84. The summed E-state index contributed by atoms with van der Waals surface area (Å²) in [4.78, 5) is 61.5. The summed E-state index contributed by atoms with van der Waals surface area (Å²) in [5, 5.41) is 22.5. The Morgan fingerprint density at radius 1 is 0.941 bits per heavy atom. The van der Waals surface area contributed by atoms with E-state index in [1.54, 1.807) is 21.9 Å². The number of piperidine rings is 2. The summed E-state index contributed by atoms with van der Waals surface area (Å²) in [6.07, 6.45) is 3.33. The van der Waals surface area contributed by atoms with Crippen molar-refractivity contribution in [2.24, 2.45) is 0 Å². The number of carbonyl (C=O) groups excluding carboxylic acids is 3. The third-order valence-electron chi connectivity index (χ3n) is 10.8. The molecular weight excluding hydrogens is 651 g/mol. The van der Waals surface area contributed by atoms with Gasteiger partial charge in [-0.1, -0.05) is 42.4 Å². The quantitative estimate of drug-likeness (QED) is 0.336. The van der Waals surface area contributed by atoms with Gasteiger partial charge in [-0.05, 0) is 55.4 Å². The summed E-state index contributed by atoms with van der Waals surface area (Å²) >= 11 is 0. The summed E-state index contributed by atoms with van der Waals surface area (Å²) in [7, 11) is 6.07. The molecule has 2 radical (unpaired) electrons. The zero-order chi connectivity index (χ0) is 36.1. The van der Waals surface area contributed by atoms with Crippen LogP contribution in [0.2, 0.25) is 0 Å². The Labute approximate surface area is 300 Å². The van der Waals surface area contributed by atoms with Gasteiger partial charge in [0.05, 0.1) is 6.54 Å². The van der Waals surface area contributed by atoms with Crippen LogP contribution in [0.15, 0.2) is 43.0 Å². The fourth-order valence-corrected chi connectivity index (χ4v) is 7.84. The van der Waals surface area contributed by atoms with Crippen molar-refractivity contribution in [1.82, 2.24) is 24.5 Å². The van der Waals surface area contributed by atoms with Crippen molar-refractivity contribution in [2.45, 2.75) is 56.7 Å². The Kier molecular flexibility index (Phi) is 11.5. The maximum atomic E-state index is 14.1. The smallest absolute Gasteiger partial charge is 0.410 e. The van der Waals surface area contributed by atoms with Crippen molar-refractivity contribution >= 4 is 49.1 Å². The van der Waals surface area contributed by atoms with E-state index >= 15 is 0 Å². The van der Waals surface area contributed by atoms with Gasteiger partial charge in [-0.25, -0.2) is 9.59 Å². The predicted molar refractivity (Wildman–Crippen MR) is 193 cm³/mol. The molecule has 0 spiro atoms. The number of nitrogens with one attached hydrogen (secondary N) is 1. The van der Waals surface area contributed by atoms with Crippen LogP contribution >= 0.6 is 0 Å². The molecule has 0 aromatic heterocycles. The number of rotatable bonds is 9. The average Bonchev–Trinajstić information content (AvgIpc) is 3.30. The standard InChI is InChI=1S/C37H47BN6O7/c1-2-26-21-25(22-30(38)34(26)47)23-32(35(48)42-12-8-28(9-13-42)41-19-17-40(18-20-41)24-33(45)46)51-37(50)43-14-10-29(11-15-43)44-16-7-27-5-3-4-6-31(27)39-36(44)49/h2-6,21-22,28-29,32,47H,1,7-20,23-24H2,(H,39,49)(H,45,46)/t32-/m1/s1. The van der Waals surface area contributed by atoms with E-state index in [1.165, 1.54) is 6.08 Å². The van der Waals surface area contributed by atoms with Crippen molar-refractivity contribution in [1.29, 1.82) is 0 Å². The number of aromatic hydroxyl groups is 1. The normalized spacial score (nSPS) is 20.2. The number of benzene rings is 2. The number of carbonyl (C=O) groups is 4. The molecule has 4 aliphatic rings. The van der Waals surface area contributed by atoms with E-state index in [-0.39, 0.29) is 48.2 Å². The largest absolute Gasteiger partial charge is 0.508 e. The number of likely N-dealkylation sites (tertiary alicyclic amines) is 2. The van der Waals surface area contributed by atoms with Crippen molar-refractivity contribution in [3.8, 4) is 5.75 Å². The van der Waals surface area contributed by atoms with Crippen molar-refractivity contribution in [2.75, 3.05) is 70.8 Å². The second-order valence-electron chi connectivity index (χ2n) is 13.9. The molecule has 4 aliphatic heterocycles.